The normalized spacial score (nSPS) is 11.6. The van der Waals surface area contributed by atoms with E-state index in [1.165, 1.54) is 18.3 Å². The number of anilines is 1. The zero-order valence-corrected chi connectivity index (χ0v) is 15.9. The maximum atomic E-state index is 12.2. The molecule has 0 fully saturated rings. The lowest BCUT2D eigenvalue weighted by Gasteiger charge is -2.09. The van der Waals surface area contributed by atoms with Crippen molar-refractivity contribution < 1.29 is 13.2 Å². The first-order chi connectivity index (χ1) is 12.7. The van der Waals surface area contributed by atoms with Crippen molar-refractivity contribution in [3.63, 3.8) is 0 Å². The molecule has 0 saturated carbocycles. The van der Waals surface area contributed by atoms with Crippen molar-refractivity contribution in [3.8, 4) is 6.07 Å². The molecular weight excluding hydrogens is 388 g/mol. The molecule has 0 unspecified atom stereocenters. The summed E-state index contributed by atoms with van der Waals surface area (Å²) < 4.78 is 22.4. The van der Waals surface area contributed by atoms with Gasteiger partial charge in [-0.05, 0) is 42.3 Å². The van der Waals surface area contributed by atoms with Gasteiger partial charge in [-0.15, -0.1) is 0 Å². The van der Waals surface area contributed by atoms with Crippen LogP contribution in [-0.2, 0) is 21.4 Å². The van der Waals surface area contributed by atoms with E-state index in [2.05, 4.69) is 10.6 Å². The van der Waals surface area contributed by atoms with E-state index in [-0.39, 0.29) is 10.5 Å². The Hall–Kier alpha value is -2.86. The van der Waals surface area contributed by atoms with Crippen LogP contribution >= 0.6 is 11.6 Å². The number of rotatable bonds is 6. The van der Waals surface area contributed by atoms with Gasteiger partial charge in [0, 0.05) is 23.5 Å². The van der Waals surface area contributed by atoms with Crippen molar-refractivity contribution in [2.45, 2.75) is 18.4 Å². The Morgan fingerprint density at radius 3 is 2.52 bits per heavy atom. The lowest BCUT2D eigenvalue weighted by molar-refractivity contribution is -0.112. The molecular formula is C18H17ClN4O3S. The highest BCUT2D eigenvalue weighted by Gasteiger charge is 2.11. The number of carbonyl (C=O) groups excluding carboxylic acids is 1. The number of benzene rings is 2. The third-order valence-corrected chi connectivity index (χ3v) is 5.02. The predicted molar refractivity (Wildman–Crippen MR) is 103 cm³/mol. The van der Waals surface area contributed by atoms with Crippen molar-refractivity contribution >= 4 is 33.2 Å². The molecule has 0 aliphatic heterocycles. The van der Waals surface area contributed by atoms with Crippen LogP contribution in [-0.4, -0.2) is 14.3 Å². The topological polar surface area (TPSA) is 125 Å². The largest absolute Gasteiger partial charge is 0.386 e. The molecule has 0 aliphatic rings. The Morgan fingerprint density at radius 2 is 1.93 bits per heavy atom. The van der Waals surface area contributed by atoms with Gasteiger partial charge in [0.25, 0.3) is 5.91 Å². The SMILES string of the molecule is Cc1c(Cl)cccc1NC(=O)/C(C#N)=C\NCc1ccc(S(N)(=O)=O)cc1. The molecule has 0 spiro atoms. The number of carbonyl (C=O) groups is 1. The third-order valence-electron chi connectivity index (χ3n) is 3.69. The van der Waals surface area contributed by atoms with Crippen LogP contribution in [0.25, 0.3) is 0 Å². The zero-order valence-electron chi connectivity index (χ0n) is 14.4. The second-order valence-electron chi connectivity index (χ2n) is 5.61. The second kappa shape index (κ2) is 8.68. The van der Waals surface area contributed by atoms with Crippen LogP contribution in [0.3, 0.4) is 0 Å². The van der Waals surface area contributed by atoms with Crippen molar-refractivity contribution in [1.29, 1.82) is 5.26 Å². The van der Waals surface area contributed by atoms with Gasteiger partial charge in [0.1, 0.15) is 11.6 Å². The summed E-state index contributed by atoms with van der Waals surface area (Å²) in [5.41, 5.74) is 1.86. The summed E-state index contributed by atoms with van der Waals surface area (Å²) in [6, 6.07) is 12.9. The molecule has 0 aromatic heterocycles. The van der Waals surface area contributed by atoms with Gasteiger partial charge in [0.05, 0.1) is 4.90 Å². The van der Waals surface area contributed by atoms with E-state index in [1.54, 1.807) is 37.3 Å². The van der Waals surface area contributed by atoms with Gasteiger partial charge in [-0.2, -0.15) is 5.26 Å². The van der Waals surface area contributed by atoms with E-state index in [0.29, 0.717) is 22.8 Å². The molecule has 0 radical (unpaired) electrons. The molecule has 0 aliphatic carbocycles. The summed E-state index contributed by atoms with van der Waals surface area (Å²) in [7, 11) is -3.74. The van der Waals surface area contributed by atoms with Gasteiger partial charge < -0.3 is 10.6 Å². The quantitative estimate of drug-likeness (QED) is 0.503. The molecule has 4 N–H and O–H groups in total. The molecule has 2 aromatic carbocycles. The van der Waals surface area contributed by atoms with Crippen LogP contribution in [0.2, 0.25) is 5.02 Å². The van der Waals surface area contributed by atoms with Crippen molar-refractivity contribution in [1.82, 2.24) is 5.32 Å². The number of nitrogens with two attached hydrogens (primary N) is 1. The van der Waals surface area contributed by atoms with E-state index in [0.717, 1.165) is 5.56 Å². The lowest BCUT2D eigenvalue weighted by atomic mass is 10.2. The summed E-state index contributed by atoms with van der Waals surface area (Å²) >= 11 is 6.01. The Balaban J connectivity index is 2.02. The van der Waals surface area contributed by atoms with Crippen molar-refractivity contribution in [2.75, 3.05) is 5.32 Å². The molecule has 7 nitrogen and oxygen atoms in total. The Bertz CT molecular complexity index is 1030. The first-order valence-electron chi connectivity index (χ1n) is 7.74. The fourth-order valence-corrected chi connectivity index (χ4v) is 2.84. The number of hydrogen-bond acceptors (Lipinski definition) is 5. The van der Waals surface area contributed by atoms with E-state index < -0.39 is 15.9 Å². The molecule has 27 heavy (non-hydrogen) atoms. The molecule has 9 heteroatoms. The van der Waals surface area contributed by atoms with Gasteiger partial charge in [0.2, 0.25) is 10.0 Å². The smallest absolute Gasteiger partial charge is 0.267 e. The van der Waals surface area contributed by atoms with E-state index >= 15 is 0 Å². The second-order valence-corrected chi connectivity index (χ2v) is 7.57. The van der Waals surface area contributed by atoms with Crippen LogP contribution in [0.5, 0.6) is 0 Å². The number of nitrogens with one attached hydrogen (secondary N) is 2. The Labute approximate surface area is 162 Å². The van der Waals surface area contributed by atoms with Crippen LogP contribution in [0.1, 0.15) is 11.1 Å². The highest BCUT2D eigenvalue weighted by atomic mass is 35.5. The van der Waals surface area contributed by atoms with Gasteiger partial charge >= 0.3 is 0 Å². The van der Waals surface area contributed by atoms with Crippen LogP contribution in [0.4, 0.5) is 5.69 Å². The molecule has 1 amide bonds. The Kier molecular flexibility index (Phi) is 6.58. The van der Waals surface area contributed by atoms with Crippen LogP contribution < -0.4 is 15.8 Å². The first kappa shape index (κ1) is 20.5. The van der Waals surface area contributed by atoms with Crippen molar-refractivity contribution in [3.05, 3.63) is 70.4 Å². The number of halogens is 1. The van der Waals surface area contributed by atoms with E-state index in [4.69, 9.17) is 16.7 Å². The van der Waals surface area contributed by atoms with Crippen LogP contribution in [0.15, 0.2) is 59.1 Å². The zero-order chi connectivity index (χ0) is 20.0. The molecule has 0 heterocycles. The summed E-state index contributed by atoms with van der Waals surface area (Å²) in [6.45, 7) is 2.05. The minimum atomic E-state index is -3.74. The van der Waals surface area contributed by atoms with Gasteiger partial charge in [0.15, 0.2) is 0 Å². The molecule has 0 saturated heterocycles. The third kappa shape index (κ3) is 5.56. The number of hydrogen-bond donors (Lipinski definition) is 3. The molecule has 140 valence electrons. The van der Waals surface area contributed by atoms with Gasteiger partial charge in [-0.25, -0.2) is 13.6 Å². The standard InChI is InChI=1S/C18H17ClN4O3S/c1-12-16(19)3-2-4-17(12)23-18(24)14(9-20)11-22-10-13-5-7-15(8-6-13)27(21,25)26/h2-8,11,22H,10H2,1H3,(H,23,24)(H2,21,25,26)/b14-11-. The highest BCUT2D eigenvalue weighted by Crippen LogP contribution is 2.23. The predicted octanol–water partition coefficient (Wildman–Crippen LogP) is 2.43. The molecule has 0 atom stereocenters. The summed E-state index contributed by atoms with van der Waals surface area (Å²) in [6.07, 6.45) is 1.29. The number of primary sulfonamides is 1. The Morgan fingerprint density at radius 1 is 1.26 bits per heavy atom. The fraction of sp³-hybridized carbons (Fsp3) is 0.111. The number of sulfonamides is 1. The maximum absolute atomic E-state index is 12.2. The summed E-state index contributed by atoms with van der Waals surface area (Å²) in [4.78, 5) is 12.2. The first-order valence-corrected chi connectivity index (χ1v) is 9.66. The maximum Gasteiger partial charge on any atom is 0.267 e. The summed E-state index contributed by atoms with van der Waals surface area (Å²) in [5, 5.41) is 20.2. The number of amides is 1. The monoisotopic (exact) mass is 404 g/mol. The van der Waals surface area contributed by atoms with Crippen molar-refractivity contribution in [2.24, 2.45) is 5.14 Å². The lowest BCUT2D eigenvalue weighted by Crippen LogP contribution is -2.17. The minimum absolute atomic E-state index is 0.00998. The average Bonchev–Trinajstić information content (AvgIpc) is 2.62. The van der Waals surface area contributed by atoms with E-state index in [1.807, 2.05) is 6.07 Å². The van der Waals surface area contributed by atoms with Gasteiger partial charge in [-0.1, -0.05) is 29.8 Å². The molecule has 2 rings (SSSR count). The van der Waals surface area contributed by atoms with E-state index in [9.17, 15) is 18.5 Å². The summed E-state index contributed by atoms with van der Waals surface area (Å²) in [5.74, 6) is -0.570. The van der Waals surface area contributed by atoms with Crippen LogP contribution in [0, 0.1) is 18.3 Å². The average molecular weight is 405 g/mol. The number of nitriles is 1. The molecule has 2 aromatic rings. The van der Waals surface area contributed by atoms with Gasteiger partial charge in [-0.3, -0.25) is 4.79 Å². The highest BCUT2D eigenvalue weighted by molar-refractivity contribution is 7.89. The number of nitrogens with zero attached hydrogens (tertiary/aromatic N) is 1. The molecule has 0 bridgehead atoms. The fourth-order valence-electron chi connectivity index (χ4n) is 2.15. The minimum Gasteiger partial charge on any atom is -0.386 e.